The Labute approximate surface area is 224 Å². The van der Waals surface area contributed by atoms with Crippen molar-refractivity contribution in [1.29, 1.82) is 0 Å². The normalized spacial score (nSPS) is 11.1. The molecule has 0 amide bonds. The second-order valence-corrected chi connectivity index (χ2v) is 9.56. The average Bonchev–Trinajstić information content (AvgIpc) is 2.90. The lowest BCUT2D eigenvalue weighted by atomic mass is 9.97. The van der Waals surface area contributed by atoms with Crippen molar-refractivity contribution in [2.24, 2.45) is 0 Å². The zero-order valence-corrected chi connectivity index (χ0v) is 21.7. The van der Waals surface area contributed by atoms with E-state index in [1.54, 1.807) is 26.0 Å². The highest BCUT2D eigenvalue weighted by Crippen LogP contribution is 2.34. The lowest BCUT2D eigenvalue weighted by Gasteiger charge is -2.11. The Morgan fingerprint density at radius 2 is 1.58 bits per heavy atom. The molecule has 0 unspecified atom stereocenters. The largest absolute Gasteiger partial charge is 0.466 e. The molecule has 5 aromatic rings. The number of aryl methyl sites for hydroxylation is 1. The first-order valence-electron chi connectivity index (χ1n) is 12.3. The van der Waals surface area contributed by atoms with Crippen LogP contribution in [0.2, 0.25) is 5.02 Å². The van der Waals surface area contributed by atoms with Crippen molar-refractivity contribution < 1.29 is 13.9 Å². The summed E-state index contributed by atoms with van der Waals surface area (Å²) in [6.45, 7) is 3.83. The van der Waals surface area contributed by atoms with Gasteiger partial charge in [0.25, 0.3) is 5.56 Å². The number of benzene rings is 4. The van der Waals surface area contributed by atoms with E-state index in [1.807, 2.05) is 66.7 Å². The van der Waals surface area contributed by atoms with E-state index in [9.17, 15) is 14.0 Å². The minimum absolute atomic E-state index is 0.137. The molecule has 1 heterocycles. The lowest BCUT2D eigenvalue weighted by molar-refractivity contribution is -0.142. The Hall–Kier alpha value is -4.22. The number of rotatable bonds is 6. The van der Waals surface area contributed by atoms with Gasteiger partial charge in [0, 0.05) is 16.6 Å². The fraction of sp³-hybridized carbons (Fsp3) is 0.125. The summed E-state index contributed by atoms with van der Waals surface area (Å²) < 4.78 is 19.1. The van der Waals surface area contributed by atoms with E-state index in [0.29, 0.717) is 33.8 Å². The number of fused-ring (bicyclic) bond motifs is 1. The van der Waals surface area contributed by atoms with Crippen LogP contribution in [0.3, 0.4) is 0 Å². The topological polar surface area (TPSA) is 59.2 Å². The highest BCUT2D eigenvalue weighted by molar-refractivity contribution is 6.34. The average molecular weight is 526 g/mol. The van der Waals surface area contributed by atoms with Crippen LogP contribution in [0.25, 0.3) is 44.3 Å². The molecular weight excluding hydrogens is 501 g/mol. The Morgan fingerprint density at radius 3 is 2.32 bits per heavy atom. The van der Waals surface area contributed by atoms with Crippen LogP contribution < -0.4 is 5.56 Å². The monoisotopic (exact) mass is 525 g/mol. The third kappa shape index (κ3) is 5.24. The van der Waals surface area contributed by atoms with E-state index < -0.39 is 0 Å². The summed E-state index contributed by atoms with van der Waals surface area (Å²) >= 11 is 6.62. The quantitative estimate of drug-likeness (QED) is 0.231. The second kappa shape index (κ2) is 10.6. The van der Waals surface area contributed by atoms with Crippen molar-refractivity contribution in [3.8, 4) is 33.4 Å². The first kappa shape index (κ1) is 25.4. The molecule has 0 aliphatic heterocycles. The van der Waals surface area contributed by atoms with Crippen LogP contribution in [0.1, 0.15) is 18.1 Å². The molecule has 0 atom stereocenters. The van der Waals surface area contributed by atoms with Crippen molar-refractivity contribution >= 4 is 28.5 Å². The van der Waals surface area contributed by atoms with Gasteiger partial charge in [0.1, 0.15) is 5.82 Å². The molecular formula is C32H25ClFNO3. The zero-order valence-electron chi connectivity index (χ0n) is 21.0. The van der Waals surface area contributed by atoms with E-state index in [4.69, 9.17) is 16.3 Å². The summed E-state index contributed by atoms with van der Waals surface area (Å²) in [5.41, 5.74) is 6.38. The molecule has 4 aromatic carbocycles. The van der Waals surface area contributed by atoms with Gasteiger partial charge in [-0.15, -0.1) is 0 Å². The van der Waals surface area contributed by atoms with Gasteiger partial charge in [-0.05, 0) is 76.9 Å². The minimum Gasteiger partial charge on any atom is -0.466 e. The Balaban J connectivity index is 1.51. The van der Waals surface area contributed by atoms with Crippen molar-refractivity contribution in [2.45, 2.75) is 20.3 Å². The molecule has 0 saturated carbocycles. The maximum Gasteiger partial charge on any atom is 0.310 e. The Bertz CT molecular complexity index is 1720. The SMILES string of the molecule is CCOC(=O)Cc1cccc(-c2cc3cc(-c4ccc(-c5ccc(C)c(F)c5)cc4)c(Cl)cc3[nH]c2=O)c1. The summed E-state index contributed by atoms with van der Waals surface area (Å²) in [5, 5.41) is 1.32. The van der Waals surface area contributed by atoms with Crippen LogP contribution in [-0.4, -0.2) is 17.6 Å². The van der Waals surface area contributed by atoms with Crippen LogP contribution in [0, 0.1) is 12.7 Å². The number of hydrogen-bond acceptors (Lipinski definition) is 3. The molecule has 0 radical (unpaired) electrons. The van der Waals surface area contributed by atoms with Crippen molar-refractivity contribution in [3.05, 3.63) is 117 Å². The molecule has 1 N–H and O–H groups in total. The summed E-state index contributed by atoms with van der Waals surface area (Å²) in [5.74, 6) is -0.546. The van der Waals surface area contributed by atoms with E-state index in [2.05, 4.69) is 4.98 Å². The first-order chi connectivity index (χ1) is 18.3. The van der Waals surface area contributed by atoms with E-state index in [0.717, 1.165) is 33.2 Å². The molecule has 0 saturated heterocycles. The van der Waals surface area contributed by atoms with Crippen molar-refractivity contribution in [1.82, 2.24) is 4.98 Å². The van der Waals surface area contributed by atoms with Gasteiger partial charge in [-0.2, -0.15) is 0 Å². The highest BCUT2D eigenvalue weighted by atomic mass is 35.5. The predicted molar refractivity (Wildman–Crippen MR) is 151 cm³/mol. The van der Waals surface area contributed by atoms with Gasteiger partial charge in [-0.1, -0.05) is 72.3 Å². The van der Waals surface area contributed by atoms with Gasteiger partial charge in [0.05, 0.1) is 18.1 Å². The summed E-state index contributed by atoms with van der Waals surface area (Å²) in [4.78, 5) is 27.8. The number of halogens is 2. The van der Waals surface area contributed by atoms with E-state index in [1.165, 1.54) is 6.07 Å². The van der Waals surface area contributed by atoms with Crippen LogP contribution in [0.5, 0.6) is 0 Å². The standard InChI is InChI=1S/C32H25ClFNO3/c1-3-38-31(36)14-20-5-4-6-24(13-20)27-16-25-15-26(28(33)18-30(25)35-32(27)37)22-11-9-21(10-12-22)23-8-7-19(2)29(34)17-23/h4-13,15-18H,3,14H2,1-2H3,(H,35,37). The molecule has 6 heteroatoms. The summed E-state index contributed by atoms with van der Waals surface area (Å²) in [6, 6.07) is 25.8. The Morgan fingerprint density at radius 1 is 0.868 bits per heavy atom. The number of nitrogens with one attached hydrogen (secondary N) is 1. The van der Waals surface area contributed by atoms with Gasteiger partial charge >= 0.3 is 5.97 Å². The van der Waals surface area contributed by atoms with E-state index in [-0.39, 0.29) is 23.8 Å². The molecule has 0 fully saturated rings. The van der Waals surface area contributed by atoms with E-state index >= 15 is 0 Å². The third-order valence-corrected chi connectivity index (χ3v) is 6.84. The number of pyridine rings is 1. The zero-order chi connectivity index (χ0) is 26.8. The Kier molecular flexibility index (Phi) is 7.12. The van der Waals surface area contributed by atoms with Crippen LogP contribution in [0.4, 0.5) is 4.39 Å². The molecule has 1 aromatic heterocycles. The van der Waals surface area contributed by atoms with Crippen LogP contribution in [0.15, 0.2) is 89.7 Å². The smallest absolute Gasteiger partial charge is 0.310 e. The second-order valence-electron chi connectivity index (χ2n) is 9.15. The highest BCUT2D eigenvalue weighted by Gasteiger charge is 2.12. The number of aromatic amines is 1. The van der Waals surface area contributed by atoms with Gasteiger partial charge in [-0.3, -0.25) is 9.59 Å². The number of H-pyrrole nitrogens is 1. The molecule has 38 heavy (non-hydrogen) atoms. The van der Waals surface area contributed by atoms with Crippen molar-refractivity contribution in [3.63, 3.8) is 0 Å². The maximum absolute atomic E-state index is 14.0. The number of esters is 1. The fourth-order valence-corrected chi connectivity index (χ4v) is 4.78. The number of carbonyl (C=O) groups excluding carboxylic acids is 1. The minimum atomic E-state index is -0.310. The van der Waals surface area contributed by atoms with Crippen LogP contribution in [-0.2, 0) is 16.0 Å². The lowest BCUT2D eigenvalue weighted by Crippen LogP contribution is -2.10. The molecule has 4 nitrogen and oxygen atoms in total. The number of ether oxygens (including phenoxy) is 1. The number of carbonyl (C=O) groups is 1. The third-order valence-electron chi connectivity index (χ3n) is 6.52. The molecule has 0 bridgehead atoms. The van der Waals surface area contributed by atoms with Crippen LogP contribution >= 0.6 is 11.6 Å². The molecule has 5 rings (SSSR count). The molecule has 190 valence electrons. The molecule has 0 aliphatic carbocycles. The summed E-state index contributed by atoms with van der Waals surface area (Å²) in [6.07, 6.45) is 0.137. The van der Waals surface area contributed by atoms with Gasteiger partial charge < -0.3 is 9.72 Å². The summed E-state index contributed by atoms with van der Waals surface area (Å²) in [7, 11) is 0. The predicted octanol–water partition coefficient (Wildman–Crippen LogP) is 7.74. The number of aromatic nitrogens is 1. The number of hydrogen-bond donors (Lipinski definition) is 1. The molecule has 0 aliphatic rings. The van der Waals surface area contributed by atoms with Gasteiger partial charge in [0.2, 0.25) is 0 Å². The van der Waals surface area contributed by atoms with Gasteiger partial charge in [0.15, 0.2) is 0 Å². The van der Waals surface area contributed by atoms with Gasteiger partial charge in [-0.25, -0.2) is 4.39 Å². The maximum atomic E-state index is 14.0. The fourth-order valence-electron chi connectivity index (χ4n) is 4.51. The molecule has 0 spiro atoms. The first-order valence-corrected chi connectivity index (χ1v) is 12.7. The van der Waals surface area contributed by atoms with Crippen molar-refractivity contribution in [2.75, 3.05) is 6.61 Å².